The maximum absolute atomic E-state index is 11.1. The Morgan fingerprint density at radius 2 is 2.20 bits per heavy atom. The van der Waals surface area contributed by atoms with Gasteiger partial charge in [-0.25, -0.2) is 4.79 Å². The van der Waals surface area contributed by atoms with Gasteiger partial charge in [-0.3, -0.25) is 0 Å². The Morgan fingerprint density at radius 1 is 1.47 bits per heavy atom. The van der Waals surface area contributed by atoms with Gasteiger partial charge in [-0.1, -0.05) is 20.3 Å². The Bertz CT molecular complexity index is 322. The molecule has 1 heterocycles. The van der Waals surface area contributed by atoms with Crippen molar-refractivity contribution in [2.24, 2.45) is 0 Å². The fourth-order valence-electron chi connectivity index (χ4n) is 1.40. The molecule has 4 nitrogen and oxygen atoms in total. The van der Waals surface area contributed by atoms with Crippen molar-refractivity contribution in [3.05, 3.63) is 23.5 Å². The largest absolute Gasteiger partial charge is 0.464 e. The van der Waals surface area contributed by atoms with Crippen LogP contribution in [0.5, 0.6) is 0 Å². The fraction of sp³-hybridized carbons (Fsp3) is 0.545. The van der Waals surface area contributed by atoms with E-state index in [1.54, 1.807) is 6.07 Å². The number of aromatic nitrogens is 2. The monoisotopic (exact) mass is 208 g/mol. The smallest absolute Gasteiger partial charge is 0.358 e. The third kappa shape index (κ3) is 3.01. The van der Waals surface area contributed by atoms with Crippen LogP contribution in [0.2, 0.25) is 0 Å². The van der Waals surface area contributed by atoms with E-state index in [1.807, 2.05) is 6.07 Å². The average molecular weight is 208 g/mol. The number of carbonyl (C=O) groups excluding carboxylic acids is 1. The number of nitrogens with zero attached hydrogens (tertiary/aromatic N) is 2. The number of rotatable bonds is 4. The van der Waals surface area contributed by atoms with Crippen molar-refractivity contribution in [2.45, 2.75) is 32.6 Å². The first-order valence-electron chi connectivity index (χ1n) is 5.11. The molecule has 0 aliphatic carbocycles. The second-order valence-electron chi connectivity index (χ2n) is 3.52. The minimum atomic E-state index is -0.447. The van der Waals surface area contributed by atoms with Crippen molar-refractivity contribution in [1.82, 2.24) is 10.2 Å². The van der Waals surface area contributed by atoms with Crippen LogP contribution >= 0.6 is 0 Å². The molecule has 1 atom stereocenters. The predicted octanol–water partition coefficient (Wildman–Crippen LogP) is 2.17. The second kappa shape index (κ2) is 5.44. The van der Waals surface area contributed by atoms with Crippen molar-refractivity contribution in [3.8, 4) is 0 Å². The maximum atomic E-state index is 11.1. The molecule has 0 fully saturated rings. The zero-order chi connectivity index (χ0) is 11.3. The van der Waals surface area contributed by atoms with Crippen LogP contribution in [0.15, 0.2) is 12.1 Å². The number of carbonyl (C=O) groups is 1. The van der Waals surface area contributed by atoms with E-state index >= 15 is 0 Å². The van der Waals surface area contributed by atoms with Crippen molar-refractivity contribution >= 4 is 5.97 Å². The summed E-state index contributed by atoms with van der Waals surface area (Å²) in [6, 6.07) is 3.49. The SMILES string of the molecule is CCCC(C)c1ccc(C(=O)OC)nn1. The number of ether oxygens (including phenoxy) is 1. The number of hydrogen-bond donors (Lipinski definition) is 0. The van der Waals surface area contributed by atoms with E-state index in [1.165, 1.54) is 7.11 Å². The van der Waals surface area contributed by atoms with Crippen LogP contribution < -0.4 is 0 Å². The van der Waals surface area contributed by atoms with Gasteiger partial charge in [-0.2, -0.15) is 5.10 Å². The van der Waals surface area contributed by atoms with Crippen LogP contribution in [0.3, 0.4) is 0 Å². The molecular weight excluding hydrogens is 192 g/mol. The fourth-order valence-corrected chi connectivity index (χ4v) is 1.40. The summed E-state index contributed by atoms with van der Waals surface area (Å²) in [4.78, 5) is 11.1. The lowest BCUT2D eigenvalue weighted by Gasteiger charge is -2.08. The van der Waals surface area contributed by atoms with Gasteiger partial charge in [0.2, 0.25) is 0 Å². The van der Waals surface area contributed by atoms with Gasteiger partial charge in [0.15, 0.2) is 5.69 Å². The maximum Gasteiger partial charge on any atom is 0.358 e. The minimum absolute atomic E-state index is 0.255. The molecule has 1 unspecified atom stereocenters. The van der Waals surface area contributed by atoms with E-state index in [0.29, 0.717) is 5.92 Å². The summed E-state index contributed by atoms with van der Waals surface area (Å²) in [6.07, 6.45) is 2.19. The van der Waals surface area contributed by atoms with Gasteiger partial charge in [0, 0.05) is 5.92 Å². The average Bonchev–Trinajstić information content (AvgIpc) is 2.28. The molecule has 82 valence electrons. The topological polar surface area (TPSA) is 52.1 Å². The van der Waals surface area contributed by atoms with E-state index in [2.05, 4.69) is 28.8 Å². The molecule has 1 aromatic heterocycles. The van der Waals surface area contributed by atoms with Gasteiger partial charge in [0.05, 0.1) is 12.8 Å². The molecule has 0 aliphatic heterocycles. The Balaban J connectivity index is 2.76. The first-order valence-corrected chi connectivity index (χ1v) is 5.11. The van der Waals surface area contributed by atoms with Crippen molar-refractivity contribution in [1.29, 1.82) is 0 Å². The van der Waals surface area contributed by atoms with Gasteiger partial charge >= 0.3 is 5.97 Å². The number of esters is 1. The lowest BCUT2D eigenvalue weighted by atomic mass is 10.0. The Morgan fingerprint density at radius 3 is 2.67 bits per heavy atom. The zero-order valence-electron chi connectivity index (χ0n) is 9.36. The first-order chi connectivity index (χ1) is 7.19. The summed E-state index contributed by atoms with van der Waals surface area (Å²) >= 11 is 0. The van der Waals surface area contributed by atoms with E-state index in [0.717, 1.165) is 18.5 Å². The number of hydrogen-bond acceptors (Lipinski definition) is 4. The first kappa shape index (κ1) is 11.6. The van der Waals surface area contributed by atoms with Gasteiger partial charge in [-0.05, 0) is 18.6 Å². The summed E-state index contributed by atoms with van der Waals surface area (Å²) in [7, 11) is 1.33. The molecule has 1 rings (SSSR count). The quantitative estimate of drug-likeness (QED) is 0.711. The van der Waals surface area contributed by atoms with E-state index in [4.69, 9.17) is 0 Å². The molecule has 0 aliphatic rings. The van der Waals surface area contributed by atoms with Crippen molar-refractivity contribution < 1.29 is 9.53 Å². The number of methoxy groups -OCH3 is 1. The highest BCUT2D eigenvalue weighted by atomic mass is 16.5. The molecular formula is C11H16N2O2. The predicted molar refractivity (Wildman–Crippen MR) is 56.7 cm³/mol. The van der Waals surface area contributed by atoms with E-state index in [9.17, 15) is 4.79 Å². The molecule has 0 radical (unpaired) electrons. The summed E-state index contributed by atoms with van der Waals surface area (Å²) in [5.41, 5.74) is 1.18. The van der Waals surface area contributed by atoms with Gasteiger partial charge in [0.1, 0.15) is 0 Å². The van der Waals surface area contributed by atoms with Crippen LogP contribution in [0.1, 0.15) is 48.8 Å². The van der Waals surface area contributed by atoms with Crippen molar-refractivity contribution in [3.63, 3.8) is 0 Å². The highest BCUT2D eigenvalue weighted by Crippen LogP contribution is 2.17. The van der Waals surface area contributed by atoms with Crippen LogP contribution in [0.25, 0.3) is 0 Å². The summed E-state index contributed by atoms with van der Waals surface area (Å²) < 4.78 is 4.54. The lowest BCUT2D eigenvalue weighted by Crippen LogP contribution is -2.07. The van der Waals surface area contributed by atoms with Crippen LogP contribution in [0, 0.1) is 0 Å². The Labute approximate surface area is 89.7 Å². The second-order valence-corrected chi connectivity index (χ2v) is 3.52. The molecule has 0 spiro atoms. The summed E-state index contributed by atoms with van der Waals surface area (Å²) in [6.45, 7) is 4.23. The lowest BCUT2D eigenvalue weighted by molar-refractivity contribution is 0.0592. The van der Waals surface area contributed by atoms with Gasteiger partial charge < -0.3 is 4.74 Å². The van der Waals surface area contributed by atoms with Crippen LogP contribution in [-0.2, 0) is 4.74 Å². The Hall–Kier alpha value is -1.45. The van der Waals surface area contributed by atoms with E-state index < -0.39 is 5.97 Å². The molecule has 0 bridgehead atoms. The molecule has 0 saturated heterocycles. The molecule has 0 amide bonds. The molecule has 0 aromatic carbocycles. The molecule has 1 aromatic rings. The summed E-state index contributed by atoms with van der Waals surface area (Å²) in [5.74, 6) is -0.0635. The highest BCUT2D eigenvalue weighted by molar-refractivity contribution is 5.86. The third-order valence-electron chi connectivity index (χ3n) is 2.31. The molecule has 15 heavy (non-hydrogen) atoms. The summed E-state index contributed by atoms with van der Waals surface area (Å²) in [5, 5.41) is 7.84. The standard InChI is InChI=1S/C11H16N2O2/c1-4-5-8(2)9-6-7-10(13-12-9)11(14)15-3/h6-8H,4-5H2,1-3H3. The normalized spacial score (nSPS) is 12.2. The zero-order valence-corrected chi connectivity index (χ0v) is 9.36. The molecule has 0 N–H and O–H groups in total. The molecule has 4 heteroatoms. The van der Waals surface area contributed by atoms with Crippen molar-refractivity contribution in [2.75, 3.05) is 7.11 Å². The minimum Gasteiger partial charge on any atom is -0.464 e. The van der Waals surface area contributed by atoms with Gasteiger partial charge in [0.25, 0.3) is 0 Å². The highest BCUT2D eigenvalue weighted by Gasteiger charge is 2.10. The molecule has 0 saturated carbocycles. The van der Waals surface area contributed by atoms with Crippen LogP contribution in [0.4, 0.5) is 0 Å². The third-order valence-corrected chi connectivity index (χ3v) is 2.31. The van der Waals surface area contributed by atoms with E-state index in [-0.39, 0.29) is 5.69 Å². The Kier molecular flexibility index (Phi) is 4.21. The van der Waals surface area contributed by atoms with Crippen LogP contribution in [-0.4, -0.2) is 23.3 Å². The van der Waals surface area contributed by atoms with Gasteiger partial charge in [-0.15, -0.1) is 5.10 Å².